The molecule has 5 heteroatoms. The first-order valence-electron chi connectivity index (χ1n) is 10.3. The second-order valence-electron chi connectivity index (χ2n) is 7.67. The van der Waals surface area contributed by atoms with Gasteiger partial charge in [-0.1, -0.05) is 61.7 Å². The number of aromatic nitrogens is 2. The van der Waals surface area contributed by atoms with Gasteiger partial charge in [0.15, 0.2) is 0 Å². The Bertz CT molecular complexity index is 730. The third-order valence-electron chi connectivity index (χ3n) is 5.66. The van der Waals surface area contributed by atoms with E-state index in [1.807, 2.05) is 17.0 Å². The predicted molar refractivity (Wildman–Crippen MR) is 106 cm³/mol. The van der Waals surface area contributed by atoms with E-state index in [2.05, 4.69) is 43.0 Å². The molecule has 1 aliphatic heterocycles. The molecule has 2 aromatic rings. The molecule has 1 unspecified atom stereocenters. The summed E-state index contributed by atoms with van der Waals surface area (Å²) in [7, 11) is 0. The zero-order valence-electron chi connectivity index (χ0n) is 16.8. The van der Waals surface area contributed by atoms with Crippen LogP contribution in [0.25, 0.3) is 11.4 Å². The fourth-order valence-electron chi connectivity index (χ4n) is 3.78. The third-order valence-corrected chi connectivity index (χ3v) is 5.66. The minimum atomic E-state index is 0.179. The summed E-state index contributed by atoms with van der Waals surface area (Å²) in [6.07, 6.45) is 6.01. The van der Waals surface area contributed by atoms with Crippen LogP contribution >= 0.6 is 0 Å². The summed E-state index contributed by atoms with van der Waals surface area (Å²) in [5.74, 6) is 2.11. The Labute approximate surface area is 162 Å². The molecule has 3 rings (SSSR count). The smallest absolute Gasteiger partial charge is 0.230 e. The van der Waals surface area contributed by atoms with Crippen LogP contribution < -0.4 is 0 Å². The van der Waals surface area contributed by atoms with Gasteiger partial charge in [-0.2, -0.15) is 4.98 Å². The van der Waals surface area contributed by atoms with Crippen molar-refractivity contribution in [3.8, 4) is 11.4 Å². The van der Waals surface area contributed by atoms with E-state index in [9.17, 15) is 4.79 Å². The highest BCUT2D eigenvalue weighted by Gasteiger charge is 2.30. The number of nitrogens with zero attached hydrogens (tertiary/aromatic N) is 3. The number of rotatable bonds is 7. The van der Waals surface area contributed by atoms with Gasteiger partial charge >= 0.3 is 0 Å². The maximum atomic E-state index is 12.8. The van der Waals surface area contributed by atoms with E-state index in [4.69, 9.17) is 4.52 Å². The molecule has 0 saturated carbocycles. The zero-order valence-corrected chi connectivity index (χ0v) is 16.8. The molecule has 2 heterocycles. The topological polar surface area (TPSA) is 59.2 Å². The van der Waals surface area contributed by atoms with Crippen LogP contribution in [-0.2, 0) is 4.79 Å². The third kappa shape index (κ3) is 4.76. The van der Waals surface area contributed by atoms with E-state index in [1.54, 1.807) is 0 Å². The van der Waals surface area contributed by atoms with Crippen LogP contribution in [-0.4, -0.2) is 34.0 Å². The lowest BCUT2D eigenvalue weighted by Gasteiger charge is -2.33. The molecule has 0 spiro atoms. The Kier molecular flexibility index (Phi) is 6.64. The van der Waals surface area contributed by atoms with Gasteiger partial charge in [0.1, 0.15) is 0 Å². The molecular formula is C22H31N3O2. The summed E-state index contributed by atoms with van der Waals surface area (Å²) in [6, 6.07) is 8.15. The highest BCUT2D eigenvalue weighted by atomic mass is 16.5. The maximum Gasteiger partial charge on any atom is 0.230 e. The lowest BCUT2D eigenvalue weighted by molar-refractivity contribution is -0.137. The molecular weight excluding hydrogens is 338 g/mol. The number of hydrogen-bond donors (Lipinski definition) is 0. The predicted octanol–water partition coefficient (Wildman–Crippen LogP) is 4.97. The quantitative estimate of drug-likeness (QED) is 0.691. The fraction of sp³-hybridized carbons (Fsp3) is 0.591. The van der Waals surface area contributed by atoms with Crippen molar-refractivity contribution < 1.29 is 9.32 Å². The molecule has 0 radical (unpaired) electrons. The normalized spacial score (nSPS) is 16.5. The van der Waals surface area contributed by atoms with Crippen molar-refractivity contribution >= 4 is 5.91 Å². The van der Waals surface area contributed by atoms with Crippen LogP contribution in [0.3, 0.4) is 0 Å². The Morgan fingerprint density at radius 2 is 1.93 bits per heavy atom. The summed E-state index contributed by atoms with van der Waals surface area (Å²) in [5.41, 5.74) is 2.19. The van der Waals surface area contributed by atoms with Gasteiger partial charge in [0, 0.05) is 30.5 Å². The van der Waals surface area contributed by atoms with Gasteiger partial charge in [-0.25, -0.2) is 0 Å². The Balaban J connectivity index is 1.58. The number of unbranched alkanes of at least 4 members (excludes halogenated alkanes) is 1. The number of likely N-dealkylation sites (tertiary alicyclic amines) is 1. The molecule has 146 valence electrons. The first kappa shape index (κ1) is 19.6. The highest BCUT2D eigenvalue weighted by molar-refractivity contribution is 5.78. The van der Waals surface area contributed by atoms with Gasteiger partial charge < -0.3 is 9.42 Å². The van der Waals surface area contributed by atoms with E-state index in [-0.39, 0.29) is 11.8 Å². The SMILES string of the molecule is CCCCC(CC)C(=O)N1CCC(c2nc(-c3ccc(C)cc3)no2)CC1. The number of amides is 1. The van der Waals surface area contributed by atoms with Gasteiger partial charge in [0.05, 0.1) is 0 Å². The number of benzene rings is 1. The summed E-state index contributed by atoms with van der Waals surface area (Å²) in [6.45, 7) is 7.93. The van der Waals surface area contributed by atoms with Gasteiger partial charge in [0.2, 0.25) is 17.6 Å². The van der Waals surface area contributed by atoms with Gasteiger partial charge in [-0.15, -0.1) is 0 Å². The van der Waals surface area contributed by atoms with Crippen molar-refractivity contribution in [2.45, 2.75) is 65.2 Å². The lowest BCUT2D eigenvalue weighted by Crippen LogP contribution is -2.41. The molecule has 1 aliphatic rings. The highest BCUT2D eigenvalue weighted by Crippen LogP contribution is 2.30. The summed E-state index contributed by atoms with van der Waals surface area (Å²) in [5, 5.41) is 4.15. The van der Waals surface area contributed by atoms with E-state index < -0.39 is 0 Å². The standard InChI is InChI=1S/C22H31N3O2/c1-4-6-7-17(5-2)22(26)25-14-12-19(13-15-25)21-23-20(24-27-21)18-10-8-16(3)9-11-18/h8-11,17,19H,4-7,12-15H2,1-3H3. The van der Waals surface area contributed by atoms with Crippen molar-refractivity contribution in [2.24, 2.45) is 5.92 Å². The fourth-order valence-corrected chi connectivity index (χ4v) is 3.78. The Hall–Kier alpha value is -2.17. The van der Waals surface area contributed by atoms with Crippen molar-refractivity contribution in [2.75, 3.05) is 13.1 Å². The van der Waals surface area contributed by atoms with Crippen molar-refractivity contribution in [3.63, 3.8) is 0 Å². The number of aryl methyl sites for hydroxylation is 1. The summed E-state index contributed by atoms with van der Waals surface area (Å²) >= 11 is 0. The zero-order chi connectivity index (χ0) is 19.2. The van der Waals surface area contributed by atoms with Gasteiger partial charge in [-0.3, -0.25) is 4.79 Å². The Morgan fingerprint density at radius 3 is 2.56 bits per heavy atom. The van der Waals surface area contributed by atoms with Crippen LogP contribution in [0.5, 0.6) is 0 Å². The molecule has 0 bridgehead atoms. The second-order valence-corrected chi connectivity index (χ2v) is 7.67. The van der Waals surface area contributed by atoms with E-state index >= 15 is 0 Å². The number of carbonyl (C=O) groups is 1. The average Bonchev–Trinajstić information content (AvgIpc) is 3.19. The van der Waals surface area contributed by atoms with Crippen LogP contribution in [0.15, 0.2) is 28.8 Å². The minimum Gasteiger partial charge on any atom is -0.342 e. The average molecular weight is 370 g/mol. The van der Waals surface area contributed by atoms with Crippen LogP contribution in [0.4, 0.5) is 0 Å². The van der Waals surface area contributed by atoms with Crippen LogP contribution in [0.1, 0.15) is 69.7 Å². The van der Waals surface area contributed by atoms with E-state index in [0.29, 0.717) is 17.6 Å². The molecule has 0 N–H and O–H groups in total. The first-order chi connectivity index (χ1) is 13.1. The minimum absolute atomic E-state index is 0.179. The van der Waals surface area contributed by atoms with Crippen LogP contribution in [0, 0.1) is 12.8 Å². The van der Waals surface area contributed by atoms with Crippen molar-refractivity contribution in [1.29, 1.82) is 0 Å². The van der Waals surface area contributed by atoms with E-state index in [0.717, 1.165) is 57.2 Å². The molecule has 1 aromatic carbocycles. The molecule has 0 aliphatic carbocycles. The second kappa shape index (κ2) is 9.16. The molecule has 1 fully saturated rings. The lowest BCUT2D eigenvalue weighted by atomic mass is 9.93. The van der Waals surface area contributed by atoms with Crippen molar-refractivity contribution in [3.05, 3.63) is 35.7 Å². The number of carbonyl (C=O) groups excluding carboxylic acids is 1. The first-order valence-corrected chi connectivity index (χ1v) is 10.3. The van der Waals surface area contributed by atoms with Gasteiger partial charge in [0.25, 0.3) is 0 Å². The van der Waals surface area contributed by atoms with Crippen molar-refractivity contribution in [1.82, 2.24) is 15.0 Å². The molecule has 27 heavy (non-hydrogen) atoms. The van der Waals surface area contributed by atoms with Crippen LogP contribution in [0.2, 0.25) is 0 Å². The van der Waals surface area contributed by atoms with Gasteiger partial charge in [-0.05, 0) is 32.6 Å². The molecule has 1 atom stereocenters. The molecule has 1 amide bonds. The molecule has 5 nitrogen and oxygen atoms in total. The molecule has 1 aromatic heterocycles. The molecule has 1 saturated heterocycles. The Morgan fingerprint density at radius 1 is 1.22 bits per heavy atom. The van der Waals surface area contributed by atoms with E-state index in [1.165, 1.54) is 5.56 Å². The number of piperidine rings is 1. The monoisotopic (exact) mass is 369 g/mol. The number of hydrogen-bond acceptors (Lipinski definition) is 4. The summed E-state index contributed by atoms with van der Waals surface area (Å²) in [4.78, 5) is 19.4. The largest absolute Gasteiger partial charge is 0.342 e. The maximum absolute atomic E-state index is 12.8. The summed E-state index contributed by atoms with van der Waals surface area (Å²) < 4.78 is 5.54.